The molecule has 0 aliphatic rings. The molecule has 0 aliphatic heterocycles. The standard InChI is InChI=1S/C41H33N3O/c45-27-44-40-19-17-28(21-23-42-36-13-5-1-9-30(36)31-10-2-6-14-37(31)42)25-34(40)35-26-29(18-20-41(35)44)22-24-43-38-15-7-3-11-32(38)33-12-4-8-16-39(33)43/h1-20,25-26,45H,21-24,27H2. The minimum Gasteiger partial charge on any atom is -0.376 e. The van der Waals surface area contributed by atoms with Crippen molar-refractivity contribution in [2.24, 2.45) is 0 Å². The van der Waals surface area contributed by atoms with Crippen LogP contribution in [-0.2, 0) is 32.7 Å². The van der Waals surface area contributed by atoms with Gasteiger partial charge in [-0.05, 0) is 72.5 Å². The lowest BCUT2D eigenvalue weighted by Crippen LogP contribution is -2.01. The number of nitrogens with zero attached hydrogens (tertiary/aromatic N) is 3. The lowest BCUT2D eigenvalue weighted by Gasteiger charge is -2.09. The highest BCUT2D eigenvalue weighted by molar-refractivity contribution is 6.10. The summed E-state index contributed by atoms with van der Waals surface area (Å²) in [6.07, 6.45) is 1.86. The van der Waals surface area contributed by atoms with Gasteiger partial charge in [-0.3, -0.25) is 0 Å². The Morgan fingerprint density at radius 1 is 0.356 bits per heavy atom. The van der Waals surface area contributed by atoms with E-state index < -0.39 is 0 Å². The predicted octanol–water partition coefficient (Wildman–Crippen LogP) is 9.45. The molecule has 3 aromatic heterocycles. The molecule has 0 aliphatic carbocycles. The SMILES string of the molecule is OCn1c2ccc(CCn3c4ccccc4c4ccccc43)cc2c2cc(CCn3c4ccccc4c4ccccc43)ccc21. The molecule has 9 aromatic rings. The summed E-state index contributed by atoms with van der Waals surface area (Å²) < 4.78 is 6.94. The number of aryl methyl sites for hydroxylation is 4. The molecule has 0 bridgehead atoms. The second-order valence-electron chi connectivity index (χ2n) is 12.1. The van der Waals surface area contributed by atoms with E-state index in [1.165, 1.54) is 65.5 Å². The third kappa shape index (κ3) is 4.10. The number of aromatic nitrogens is 3. The largest absolute Gasteiger partial charge is 0.376 e. The molecule has 45 heavy (non-hydrogen) atoms. The van der Waals surface area contributed by atoms with Crippen LogP contribution in [0.25, 0.3) is 65.4 Å². The molecular weight excluding hydrogens is 550 g/mol. The summed E-state index contributed by atoms with van der Waals surface area (Å²) in [5.74, 6) is 0. The summed E-state index contributed by atoms with van der Waals surface area (Å²) >= 11 is 0. The van der Waals surface area contributed by atoms with Gasteiger partial charge in [0.05, 0.1) is 11.0 Å². The molecule has 218 valence electrons. The minimum absolute atomic E-state index is 0.0403. The van der Waals surface area contributed by atoms with E-state index in [2.05, 4.69) is 143 Å². The van der Waals surface area contributed by atoms with Crippen LogP contribution in [0, 0.1) is 0 Å². The molecule has 3 heterocycles. The van der Waals surface area contributed by atoms with E-state index in [1.54, 1.807) is 0 Å². The molecule has 4 heteroatoms. The quantitative estimate of drug-likeness (QED) is 0.199. The maximum atomic E-state index is 10.4. The van der Waals surface area contributed by atoms with Crippen molar-refractivity contribution in [1.82, 2.24) is 13.7 Å². The van der Waals surface area contributed by atoms with Gasteiger partial charge in [-0.2, -0.15) is 0 Å². The molecule has 6 aromatic carbocycles. The fourth-order valence-corrected chi connectivity index (χ4v) is 7.63. The fourth-order valence-electron chi connectivity index (χ4n) is 7.63. The van der Waals surface area contributed by atoms with E-state index in [1.807, 2.05) is 4.57 Å². The Morgan fingerprint density at radius 2 is 0.689 bits per heavy atom. The van der Waals surface area contributed by atoms with Crippen LogP contribution < -0.4 is 0 Å². The van der Waals surface area contributed by atoms with Gasteiger partial charge in [0, 0.05) is 67.5 Å². The summed E-state index contributed by atoms with van der Waals surface area (Å²) in [5, 5.41) is 18.0. The number of hydrogen-bond acceptors (Lipinski definition) is 1. The zero-order valence-corrected chi connectivity index (χ0v) is 25.0. The lowest BCUT2D eigenvalue weighted by atomic mass is 10.0. The lowest BCUT2D eigenvalue weighted by molar-refractivity contribution is 0.220. The van der Waals surface area contributed by atoms with Crippen LogP contribution in [-0.4, -0.2) is 18.8 Å². The van der Waals surface area contributed by atoms with Crippen molar-refractivity contribution in [3.63, 3.8) is 0 Å². The molecule has 0 radical (unpaired) electrons. The normalized spacial score (nSPS) is 12.1. The number of benzene rings is 6. The van der Waals surface area contributed by atoms with Crippen molar-refractivity contribution in [1.29, 1.82) is 0 Å². The smallest absolute Gasteiger partial charge is 0.120 e. The highest BCUT2D eigenvalue weighted by atomic mass is 16.3. The predicted molar refractivity (Wildman–Crippen MR) is 188 cm³/mol. The first-order valence-corrected chi connectivity index (χ1v) is 15.8. The van der Waals surface area contributed by atoms with E-state index in [0.717, 1.165) is 37.0 Å². The first kappa shape index (κ1) is 26.1. The van der Waals surface area contributed by atoms with Gasteiger partial charge in [0.25, 0.3) is 0 Å². The van der Waals surface area contributed by atoms with Crippen molar-refractivity contribution in [3.05, 3.63) is 145 Å². The molecule has 0 unspecified atom stereocenters. The second kappa shape index (κ2) is 10.4. The molecule has 0 spiro atoms. The highest BCUT2D eigenvalue weighted by Crippen LogP contribution is 2.33. The van der Waals surface area contributed by atoms with E-state index in [9.17, 15) is 5.11 Å². The van der Waals surface area contributed by atoms with Crippen molar-refractivity contribution >= 4 is 65.4 Å². The number of aliphatic hydroxyl groups is 1. The molecule has 0 fully saturated rings. The van der Waals surface area contributed by atoms with Crippen LogP contribution in [0.2, 0.25) is 0 Å². The molecular formula is C41H33N3O. The number of fused-ring (bicyclic) bond motifs is 9. The van der Waals surface area contributed by atoms with Gasteiger partial charge in [0.15, 0.2) is 0 Å². The van der Waals surface area contributed by atoms with Gasteiger partial charge in [0.2, 0.25) is 0 Å². The zero-order valence-electron chi connectivity index (χ0n) is 25.0. The van der Waals surface area contributed by atoms with E-state index in [0.29, 0.717) is 0 Å². The number of rotatable bonds is 7. The highest BCUT2D eigenvalue weighted by Gasteiger charge is 2.14. The molecule has 1 N–H and O–H groups in total. The Labute approximate surface area is 261 Å². The maximum absolute atomic E-state index is 10.4. The summed E-state index contributed by atoms with van der Waals surface area (Å²) in [6.45, 7) is 1.77. The summed E-state index contributed by atoms with van der Waals surface area (Å²) in [7, 11) is 0. The first-order chi connectivity index (χ1) is 22.3. The van der Waals surface area contributed by atoms with Gasteiger partial charge < -0.3 is 18.8 Å². The van der Waals surface area contributed by atoms with Gasteiger partial charge in [-0.15, -0.1) is 0 Å². The average molecular weight is 584 g/mol. The Balaban J connectivity index is 1.07. The van der Waals surface area contributed by atoms with Crippen molar-refractivity contribution < 1.29 is 5.11 Å². The molecule has 0 saturated heterocycles. The van der Waals surface area contributed by atoms with Gasteiger partial charge in [-0.25, -0.2) is 0 Å². The Hall–Kier alpha value is -5.32. The Morgan fingerprint density at radius 3 is 1.04 bits per heavy atom. The van der Waals surface area contributed by atoms with Gasteiger partial charge >= 0.3 is 0 Å². The minimum atomic E-state index is -0.0403. The third-order valence-corrected chi connectivity index (χ3v) is 9.74. The fraction of sp³-hybridized carbons (Fsp3) is 0.122. The molecule has 9 rings (SSSR count). The Bertz CT molecular complexity index is 2260. The second-order valence-corrected chi connectivity index (χ2v) is 12.1. The van der Waals surface area contributed by atoms with Crippen LogP contribution >= 0.6 is 0 Å². The van der Waals surface area contributed by atoms with E-state index in [4.69, 9.17) is 0 Å². The van der Waals surface area contributed by atoms with Crippen molar-refractivity contribution in [3.8, 4) is 0 Å². The molecule has 0 amide bonds. The van der Waals surface area contributed by atoms with Crippen molar-refractivity contribution in [2.45, 2.75) is 32.7 Å². The van der Waals surface area contributed by atoms with Crippen LogP contribution in [0.5, 0.6) is 0 Å². The monoisotopic (exact) mass is 583 g/mol. The average Bonchev–Trinajstić information content (AvgIpc) is 3.71. The third-order valence-electron chi connectivity index (χ3n) is 9.74. The van der Waals surface area contributed by atoms with Crippen LogP contribution in [0.4, 0.5) is 0 Å². The molecule has 0 saturated carbocycles. The zero-order chi connectivity index (χ0) is 29.9. The summed E-state index contributed by atoms with van der Waals surface area (Å²) in [5.41, 5.74) is 9.89. The van der Waals surface area contributed by atoms with Crippen LogP contribution in [0.1, 0.15) is 11.1 Å². The van der Waals surface area contributed by atoms with Gasteiger partial charge in [-0.1, -0.05) is 84.9 Å². The molecule has 4 nitrogen and oxygen atoms in total. The number of para-hydroxylation sites is 4. The number of hydrogen-bond donors (Lipinski definition) is 1. The summed E-state index contributed by atoms with van der Waals surface area (Å²) in [6, 6.07) is 48.4. The Kier molecular flexibility index (Phi) is 6.03. The van der Waals surface area contributed by atoms with Crippen LogP contribution in [0.3, 0.4) is 0 Å². The summed E-state index contributed by atoms with van der Waals surface area (Å²) in [4.78, 5) is 0. The topological polar surface area (TPSA) is 35.0 Å². The van der Waals surface area contributed by atoms with E-state index >= 15 is 0 Å². The maximum Gasteiger partial charge on any atom is 0.120 e. The van der Waals surface area contributed by atoms with Crippen molar-refractivity contribution in [2.75, 3.05) is 0 Å². The first-order valence-electron chi connectivity index (χ1n) is 15.8. The van der Waals surface area contributed by atoms with Gasteiger partial charge in [0.1, 0.15) is 6.73 Å². The number of aliphatic hydroxyl groups excluding tert-OH is 1. The van der Waals surface area contributed by atoms with E-state index in [-0.39, 0.29) is 6.73 Å². The van der Waals surface area contributed by atoms with Crippen LogP contribution in [0.15, 0.2) is 133 Å². The molecule has 0 atom stereocenters.